The Balaban J connectivity index is 1.92. The van der Waals surface area contributed by atoms with E-state index in [-0.39, 0.29) is 5.57 Å². The van der Waals surface area contributed by atoms with Crippen molar-refractivity contribution in [3.05, 3.63) is 85.8 Å². The van der Waals surface area contributed by atoms with Gasteiger partial charge in [-0.3, -0.25) is 19.5 Å². The molecule has 0 spiro atoms. The Morgan fingerprint density at radius 1 is 1.17 bits per heavy atom. The summed E-state index contributed by atoms with van der Waals surface area (Å²) in [6.45, 7) is 5.35. The van der Waals surface area contributed by atoms with Crippen LogP contribution in [0.1, 0.15) is 37.5 Å². The minimum Gasteiger partial charge on any atom is -0.503 e. The molecule has 1 aromatic carbocycles. The van der Waals surface area contributed by atoms with Gasteiger partial charge in [-0.2, -0.15) is 0 Å². The van der Waals surface area contributed by atoms with Gasteiger partial charge in [0.15, 0.2) is 5.76 Å². The molecule has 8 heteroatoms. The van der Waals surface area contributed by atoms with Gasteiger partial charge < -0.3 is 5.11 Å². The number of halogens is 1. The van der Waals surface area contributed by atoms with Gasteiger partial charge >= 0.3 is 0 Å². The number of thiazole rings is 1. The van der Waals surface area contributed by atoms with E-state index in [1.165, 1.54) is 16.2 Å². The van der Waals surface area contributed by atoms with Crippen molar-refractivity contribution in [1.29, 1.82) is 0 Å². The molecular formula is C22H18ClN3O3S. The molecule has 0 saturated carbocycles. The number of hydrogen-bond donors (Lipinski definition) is 1. The molecule has 1 aliphatic rings. The summed E-state index contributed by atoms with van der Waals surface area (Å²) >= 11 is 7.53. The summed E-state index contributed by atoms with van der Waals surface area (Å²) in [4.78, 5) is 36.8. The third-order valence-electron chi connectivity index (χ3n) is 5.08. The van der Waals surface area contributed by atoms with Crippen molar-refractivity contribution < 1.29 is 14.7 Å². The maximum absolute atomic E-state index is 13.5. The summed E-state index contributed by atoms with van der Waals surface area (Å²) in [7, 11) is 0. The predicted molar refractivity (Wildman–Crippen MR) is 116 cm³/mol. The highest BCUT2D eigenvalue weighted by molar-refractivity contribution is 7.14. The Morgan fingerprint density at radius 3 is 2.50 bits per heavy atom. The lowest BCUT2D eigenvalue weighted by Crippen LogP contribution is -2.31. The van der Waals surface area contributed by atoms with E-state index < -0.39 is 23.5 Å². The first kappa shape index (κ1) is 20.3. The molecule has 1 unspecified atom stereocenters. The average Bonchev–Trinajstić information content (AvgIpc) is 3.20. The highest BCUT2D eigenvalue weighted by Crippen LogP contribution is 2.44. The molecule has 1 N–H and O–H groups in total. The van der Waals surface area contributed by atoms with E-state index in [0.29, 0.717) is 32.4 Å². The second kappa shape index (κ2) is 7.66. The number of aliphatic hydroxyl groups is 1. The number of benzene rings is 1. The highest BCUT2D eigenvalue weighted by Gasteiger charge is 2.45. The fourth-order valence-electron chi connectivity index (χ4n) is 3.67. The van der Waals surface area contributed by atoms with Gasteiger partial charge in [0.25, 0.3) is 5.91 Å². The summed E-state index contributed by atoms with van der Waals surface area (Å²) in [5.41, 5.74) is 2.46. The van der Waals surface area contributed by atoms with Crippen molar-refractivity contribution in [2.45, 2.75) is 26.8 Å². The first-order chi connectivity index (χ1) is 14.3. The first-order valence-electron chi connectivity index (χ1n) is 9.21. The SMILES string of the molecule is Cc1nc(C)c(C(=O)C2=C(O)C(=O)N(c3cccc(Cl)c3C)C2c2ccncc2)s1. The van der Waals surface area contributed by atoms with E-state index in [4.69, 9.17) is 11.6 Å². The number of carbonyl (C=O) groups excluding carboxylic acids is 2. The number of pyridine rings is 1. The van der Waals surface area contributed by atoms with Crippen LogP contribution in [-0.2, 0) is 4.79 Å². The van der Waals surface area contributed by atoms with Gasteiger partial charge in [0.1, 0.15) is 0 Å². The molecule has 3 heterocycles. The molecule has 1 aliphatic heterocycles. The second-order valence-electron chi connectivity index (χ2n) is 6.98. The Morgan fingerprint density at radius 2 is 1.87 bits per heavy atom. The number of ketones is 1. The van der Waals surface area contributed by atoms with Crippen molar-refractivity contribution in [2.24, 2.45) is 0 Å². The molecular weight excluding hydrogens is 422 g/mol. The van der Waals surface area contributed by atoms with E-state index >= 15 is 0 Å². The molecule has 0 saturated heterocycles. The number of amides is 1. The molecule has 1 amide bonds. The third kappa shape index (κ3) is 3.20. The maximum Gasteiger partial charge on any atom is 0.294 e. The molecule has 152 valence electrons. The number of rotatable bonds is 4. The molecule has 0 bridgehead atoms. The van der Waals surface area contributed by atoms with Crippen LogP contribution in [0.15, 0.2) is 54.1 Å². The zero-order chi connectivity index (χ0) is 21.6. The normalized spacial score (nSPS) is 16.5. The lowest BCUT2D eigenvalue weighted by Gasteiger charge is -2.28. The van der Waals surface area contributed by atoms with Crippen LogP contribution in [0.5, 0.6) is 0 Å². The van der Waals surface area contributed by atoms with E-state index in [2.05, 4.69) is 9.97 Å². The fraction of sp³-hybridized carbons (Fsp3) is 0.182. The number of nitrogens with zero attached hydrogens (tertiary/aromatic N) is 3. The number of carbonyl (C=O) groups is 2. The average molecular weight is 440 g/mol. The van der Waals surface area contributed by atoms with Crippen LogP contribution in [0.4, 0.5) is 5.69 Å². The standard InChI is InChI=1S/C22H18ClN3O3S/c1-11-15(23)5-4-6-16(11)26-18(14-7-9-24-10-8-14)17(20(28)22(26)29)19(27)21-12(2)25-13(3)30-21/h4-10,18,28H,1-3H3. The smallest absolute Gasteiger partial charge is 0.294 e. The number of aromatic nitrogens is 2. The summed E-state index contributed by atoms with van der Waals surface area (Å²) < 4.78 is 0. The van der Waals surface area contributed by atoms with Gasteiger partial charge in [-0.15, -0.1) is 11.3 Å². The van der Waals surface area contributed by atoms with Gasteiger partial charge in [-0.1, -0.05) is 17.7 Å². The van der Waals surface area contributed by atoms with Crippen molar-refractivity contribution in [1.82, 2.24) is 9.97 Å². The van der Waals surface area contributed by atoms with Crippen LogP contribution in [0.25, 0.3) is 0 Å². The molecule has 4 rings (SSSR count). The molecule has 0 fully saturated rings. The monoisotopic (exact) mass is 439 g/mol. The molecule has 3 aromatic rings. The minimum absolute atomic E-state index is 0.0253. The van der Waals surface area contributed by atoms with Crippen molar-refractivity contribution >= 4 is 40.3 Å². The predicted octanol–water partition coefficient (Wildman–Crippen LogP) is 4.90. The van der Waals surface area contributed by atoms with Gasteiger partial charge in [0.2, 0.25) is 5.78 Å². The lowest BCUT2D eigenvalue weighted by molar-refractivity contribution is -0.117. The fourth-order valence-corrected chi connectivity index (χ4v) is 4.71. The zero-order valence-electron chi connectivity index (χ0n) is 16.5. The number of Topliss-reactive ketones (excluding diaryl/α,β-unsaturated/α-hetero) is 1. The topological polar surface area (TPSA) is 83.4 Å². The van der Waals surface area contributed by atoms with Crippen molar-refractivity contribution in [3.8, 4) is 0 Å². The molecule has 0 radical (unpaired) electrons. The van der Waals surface area contributed by atoms with Gasteiger partial charge in [0, 0.05) is 23.1 Å². The van der Waals surface area contributed by atoms with Gasteiger partial charge in [-0.05, 0) is 56.2 Å². The largest absolute Gasteiger partial charge is 0.503 e. The quantitative estimate of drug-likeness (QED) is 0.584. The number of aryl methyl sites for hydroxylation is 2. The van der Waals surface area contributed by atoms with Gasteiger partial charge in [0.05, 0.1) is 27.2 Å². The Kier molecular flexibility index (Phi) is 5.17. The summed E-state index contributed by atoms with van der Waals surface area (Å²) in [6, 6.07) is 7.84. The van der Waals surface area contributed by atoms with E-state index in [1.54, 1.807) is 56.6 Å². The zero-order valence-corrected chi connectivity index (χ0v) is 18.1. The van der Waals surface area contributed by atoms with E-state index in [1.807, 2.05) is 6.92 Å². The van der Waals surface area contributed by atoms with Crippen LogP contribution < -0.4 is 4.90 Å². The molecule has 30 heavy (non-hydrogen) atoms. The van der Waals surface area contributed by atoms with Crippen molar-refractivity contribution in [2.75, 3.05) is 4.90 Å². The Labute approximate surface area is 182 Å². The van der Waals surface area contributed by atoms with E-state index in [0.717, 1.165) is 5.01 Å². The van der Waals surface area contributed by atoms with Crippen LogP contribution >= 0.6 is 22.9 Å². The Hall–Kier alpha value is -3.03. The minimum atomic E-state index is -0.813. The summed E-state index contributed by atoms with van der Waals surface area (Å²) in [5.74, 6) is -1.62. The van der Waals surface area contributed by atoms with Crippen LogP contribution in [0.2, 0.25) is 5.02 Å². The molecule has 1 atom stereocenters. The maximum atomic E-state index is 13.5. The number of hydrogen-bond acceptors (Lipinski definition) is 6. The summed E-state index contributed by atoms with van der Waals surface area (Å²) in [5, 5.41) is 12.0. The highest BCUT2D eigenvalue weighted by atomic mass is 35.5. The van der Waals surface area contributed by atoms with Crippen LogP contribution in [0.3, 0.4) is 0 Å². The number of anilines is 1. The van der Waals surface area contributed by atoms with Crippen LogP contribution in [-0.4, -0.2) is 26.8 Å². The number of aliphatic hydroxyl groups excluding tert-OH is 1. The first-order valence-corrected chi connectivity index (χ1v) is 10.4. The lowest BCUT2D eigenvalue weighted by atomic mass is 9.95. The second-order valence-corrected chi connectivity index (χ2v) is 8.59. The molecule has 0 aliphatic carbocycles. The van der Waals surface area contributed by atoms with Crippen LogP contribution in [0, 0.1) is 20.8 Å². The van der Waals surface area contributed by atoms with Gasteiger partial charge in [-0.25, -0.2) is 4.98 Å². The molecule has 2 aromatic heterocycles. The summed E-state index contributed by atoms with van der Waals surface area (Å²) in [6.07, 6.45) is 3.17. The molecule has 6 nitrogen and oxygen atoms in total. The van der Waals surface area contributed by atoms with Crippen molar-refractivity contribution in [3.63, 3.8) is 0 Å². The third-order valence-corrected chi connectivity index (χ3v) is 6.56. The van der Waals surface area contributed by atoms with E-state index in [9.17, 15) is 14.7 Å². The Bertz CT molecular complexity index is 1200.